The molecule has 0 saturated carbocycles. The highest BCUT2D eigenvalue weighted by Crippen LogP contribution is 2.23. The third-order valence-corrected chi connectivity index (χ3v) is 6.41. The zero-order valence-electron chi connectivity index (χ0n) is 18.8. The summed E-state index contributed by atoms with van der Waals surface area (Å²) in [6.45, 7) is 2.66. The number of hydrogen-bond acceptors (Lipinski definition) is 6. The maximum atomic E-state index is 12.8. The summed E-state index contributed by atoms with van der Waals surface area (Å²) in [5, 5.41) is 9.87. The van der Waals surface area contributed by atoms with E-state index in [4.69, 9.17) is 0 Å². The summed E-state index contributed by atoms with van der Waals surface area (Å²) in [6.07, 6.45) is 8.48. The van der Waals surface area contributed by atoms with E-state index < -0.39 is 0 Å². The van der Waals surface area contributed by atoms with Crippen LogP contribution in [0.4, 0.5) is 11.4 Å². The van der Waals surface area contributed by atoms with Crippen LogP contribution in [0, 0.1) is 6.92 Å². The molecule has 0 fully saturated rings. The monoisotopic (exact) mass is 483 g/mol. The highest BCUT2D eigenvalue weighted by Gasteiger charge is 2.15. The molecule has 2 amide bonds. The minimum absolute atomic E-state index is 0.253. The second kappa shape index (κ2) is 9.74. The van der Waals surface area contributed by atoms with Gasteiger partial charge in [0.2, 0.25) is 0 Å². The lowest BCUT2D eigenvalue weighted by molar-refractivity contribution is 0.102. The van der Waals surface area contributed by atoms with Crippen LogP contribution >= 0.6 is 11.3 Å². The molecule has 35 heavy (non-hydrogen) atoms. The van der Waals surface area contributed by atoms with Gasteiger partial charge in [-0.25, -0.2) is 14.6 Å². The van der Waals surface area contributed by atoms with E-state index in [0.29, 0.717) is 22.0 Å². The average Bonchev–Trinajstić information content (AvgIpc) is 3.64. The molecule has 0 unspecified atom stereocenters. The first-order chi connectivity index (χ1) is 17.0. The number of rotatable bonds is 7. The maximum absolute atomic E-state index is 12.8. The highest BCUT2D eigenvalue weighted by atomic mass is 32.1. The summed E-state index contributed by atoms with van der Waals surface area (Å²) in [4.78, 5) is 34.4. The van der Waals surface area contributed by atoms with Crippen molar-refractivity contribution < 1.29 is 9.59 Å². The van der Waals surface area contributed by atoms with Gasteiger partial charge in [-0.05, 0) is 60.5 Å². The van der Waals surface area contributed by atoms with Crippen molar-refractivity contribution in [2.24, 2.45) is 0 Å². The fourth-order valence-corrected chi connectivity index (χ4v) is 4.35. The molecule has 0 aliphatic rings. The zero-order chi connectivity index (χ0) is 24.2. The molecule has 2 aromatic carbocycles. The van der Waals surface area contributed by atoms with E-state index in [-0.39, 0.29) is 11.8 Å². The van der Waals surface area contributed by atoms with Gasteiger partial charge in [-0.15, -0.1) is 11.3 Å². The Morgan fingerprint density at radius 2 is 1.69 bits per heavy atom. The van der Waals surface area contributed by atoms with Crippen LogP contribution < -0.4 is 10.6 Å². The van der Waals surface area contributed by atoms with Crippen molar-refractivity contribution in [3.8, 4) is 5.69 Å². The number of aryl methyl sites for hydroxylation is 1. The van der Waals surface area contributed by atoms with E-state index in [1.807, 2.05) is 48.0 Å². The highest BCUT2D eigenvalue weighted by molar-refractivity contribution is 7.16. The van der Waals surface area contributed by atoms with Crippen molar-refractivity contribution in [2.75, 3.05) is 10.6 Å². The standard InChI is InChI=1S/C25H21N7O2S/c1-17-12-18(13-31-11-10-26-15-31)2-7-21(17)30-25(34)23-9-8-22(35-23)24(33)29-19-3-5-20(6-4-19)32-16-27-14-28-32/h2-12,14-16H,13H2,1H3,(H,29,33)(H,30,34). The summed E-state index contributed by atoms with van der Waals surface area (Å²) in [7, 11) is 0. The Kier molecular flexibility index (Phi) is 6.18. The number of carbonyl (C=O) groups is 2. The second-order valence-electron chi connectivity index (χ2n) is 7.84. The van der Waals surface area contributed by atoms with Crippen LogP contribution in [0.15, 0.2) is 86.0 Å². The van der Waals surface area contributed by atoms with Gasteiger partial charge in [-0.1, -0.05) is 12.1 Å². The molecule has 10 heteroatoms. The number of thiophene rings is 1. The van der Waals surface area contributed by atoms with Crippen LogP contribution in [-0.4, -0.2) is 36.1 Å². The molecule has 5 rings (SSSR count). The number of nitrogens with zero attached hydrogens (tertiary/aromatic N) is 5. The molecular weight excluding hydrogens is 462 g/mol. The number of carbonyl (C=O) groups excluding carboxylic acids is 2. The van der Waals surface area contributed by atoms with E-state index >= 15 is 0 Å². The first kappa shape index (κ1) is 22.2. The van der Waals surface area contributed by atoms with Crippen molar-refractivity contribution >= 4 is 34.5 Å². The number of anilines is 2. The lowest BCUT2D eigenvalue weighted by Crippen LogP contribution is -2.12. The van der Waals surface area contributed by atoms with Gasteiger partial charge < -0.3 is 15.2 Å². The smallest absolute Gasteiger partial charge is 0.265 e. The predicted molar refractivity (Wildman–Crippen MR) is 134 cm³/mol. The van der Waals surface area contributed by atoms with Crippen LogP contribution in [-0.2, 0) is 6.54 Å². The van der Waals surface area contributed by atoms with Crippen molar-refractivity contribution in [2.45, 2.75) is 13.5 Å². The normalized spacial score (nSPS) is 10.8. The molecule has 9 nitrogen and oxygen atoms in total. The largest absolute Gasteiger partial charge is 0.333 e. The molecule has 0 atom stereocenters. The van der Waals surface area contributed by atoms with Crippen LogP contribution in [0.3, 0.4) is 0 Å². The van der Waals surface area contributed by atoms with E-state index in [2.05, 4.69) is 25.7 Å². The van der Waals surface area contributed by atoms with Crippen molar-refractivity contribution in [1.29, 1.82) is 0 Å². The Hall–Kier alpha value is -4.57. The minimum atomic E-state index is -0.275. The lowest BCUT2D eigenvalue weighted by Gasteiger charge is -2.10. The molecule has 0 aliphatic heterocycles. The van der Waals surface area contributed by atoms with E-state index in [1.54, 1.807) is 47.8 Å². The Bertz CT molecular complexity index is 1460. The Morgan fingerprint density at radius 3 is 2.34 bits per heavy atom. The quantitative estimate of drug-likeness (QED) is 0.357. The first-order valence-electron chi connectivity index (χ1n) is 10.8. The first-order valence-corrected chi connectivity index (χ1v) is 11.6. The van der Waals surface area contributed by atoms with Gasteiger partial charge in [0.05, 0.1) is 21.8 Å². The molecule has 3 heterocycles. The topological polar surface area (TPSA) is 107 Å². The molecule has 5 aromatic rings. The van der Waals surface area contributed by atoms with Crippen LogP contribution in [0.5, 0.6) is 0 Å². The lowest BCUT2D eigenvalue weighted by atomic mass is 10.1. The van der Waals surface area contributed by atoms with Gasteiger partial charge in [0.25, 0.3) is 11.8 Å². The van der Waals surface area contributed by atoms with Crippen LogP contribution in [0.1, 0.15) is 30.5 Å². The van der Waals surface area contributed by atoms with E-state index in [1.165, 1.54) is 6.33 Å². The molecular formula is C25H21N7O2S. The average molecular weight is 484 g/mol. The van der Waals surface area contributed by atoms with E-state index in [0.717, 1.165) is 33.8 Å². The third kappa shape index (κ3) is 5.17. The summed E-state index contributed by atoms with van der Waals surface area (Å²) in [5.41, 5.74) is 4.28. The number of imidazole rings is 1. The number of hydrogen-bond donors (Lipinski definition) is 2. The molecule has 2 N–H and O–H groups in total. The van der Waals surface area contributed by atoms with Gasteiger partial charge in [0.1, 0.15) is 12.7 Å². The fraction of sp³-hybridized carbons (Fsp3) is 0.0800. The molecule has 174 valence electrons. The van der Waals surface area contributed by atoms with Gasteiger partial charge in [0, 0.05) is 30.3 Å². The molecule has 0 bridgehead atoms. The molecule has 0 radical (unpaired) electrons. The Morgan fingerprint density at radius 1 is 0.914 bits per heavy atom. The third-order valence-electron chi connectivity index (χ3n) is 5.33. The number of amides is 2. The van der Waals surface area contributed by atoms with Crippen molar-refractivity contribution in [3.63, 3.8) is 0 Å². The summed E-state index contributed by atoms with van der Waals surface area (Å²) >= 11 is 1.14. The Labute approximate surface area is 205 Å². The van der Waals surface area contributed by atoms with Crippen molar-refractivity contribution in [1.82, 2.24) is 24.3 Å². The molecule has 0 spiro atoms. The molecule has 3 aromatic heterocycles. The SMILES string of the molecule is Cc1cc(Cn2ccnc2)ccc1NC(=O)c1ccc(C(=O)Nc2ccc(-n3cncn3)cc2)s1. The maximum Gasteiger partial charge on any atom is 0.265 e. The summed E-state index contributed by atoms with van der Waals surface area (Å²) in [6, 6.07) is 16.5. The predicted octanol–water partition coefficient (Wildman–Crippen LogP) is 4.39. The van der Waals surface area contributed by atoms with Crippen LogP contribution in [0.2, 0.25) is 0 Å². The van der Waals surface area contributed by atoms with Gasteiger partial charge in [-0.3, -0.25) is 9.59 Å². The number of aromatic nitrogens is 5. The molecule has 0 aliphatic carbocycles. The van der Waals surface area contributed by atoms with Crippen LogP contribution in [0.25, 0.3) is 5.69 Å². The summed E-state index contributed by atoms with van der Waals surface area (Å²) in [5.74, 6) is -0.528. The zero-order valence-corrected chi connectivity index (χ0v) is 19.6. The minimum Gasteiger partial charge on any atom is -0.333 e. The fourth-order valence-electron chi connectivity index (χ4n) is 3.55. The molecule has 0 saturated heterocycles. The van der Waals surface area contributed by atoms with Gasteiger partial charge in [-0.2, -0.15) is 5.10 Å². The summed E-state index contributed by atoms with van der Waals surface area (Å²) < 4.78 is 3.61. The second-order valence-corrected chi connectivity index (χ2v) is 8.93. The number of nitrogens with one attached hydrogen (secondary N) is 2. The van der Waals surface area contributed by atoms with E-state index in [9.17, 15) is 9.59 Å². The number of benzene rings is 2. The van der Waals surface area contributed by atoms with Gasteiger partial charge >= 0.3 is 0 Å². The van der Waals surface area contributed by atoms with Gasteiger partial charge in [0.15, 0.2) is 0 Å². The van der Waals surface area contributed by atoms with Crippen molar-refractivity contribution in [3.05, 3.63) is 107 Å². The Balaban J connectivity index is 1.21.